The summed E-state index contributed by atoms with van der Waals surface area (Å²) in [5.41, 5.74) is 3.14. The molecule has 2 aromatic carbocycles. The highest BCUT2D eigenvalue weighted by molar-refractivity contribution is 6.04. The van der Waals surface area contributed by atoms with E-state index in [0.29, 0.717) is 40.3 Å². The molecule has 0 aliphatic carbocycles. The number of imidazole rings is 1. The molecule has 0 aliphatic heterocycles. The quantitative estimate of drug-likeness (QED) is 0.480. The second-order valence-corrected chi connectivity index (χ2v) is 7.21. The van der Waals surface area contributed by atoms with Crippen LogP contribution in [0.3, 0.4) is 0 Å². The molecule has 0 aliphatic rings. The van der Waals surface area contributed by atoms with Gasteiger partial charge in [0.25, 0.3) is 5.91 Å². The highest BCUT2D eigenvalue weighted by atomic mass is 16.5. The fourth-order valence-corrected chi connectivity index (χ4v) is 3.10. The van der Waals surface area contributed by atoms with Crippen molar-refractivity contribution >= 4 is 11.6 Å². The number of ether oxygens (including phenoxy) is 2. The molecule has 1 N–H and O–H groups in total. The van der Waals surface area contributed by atoms with Gasteiger partial charge in [0.1, 0.15) is 29.5 Å². The molecule has 0 spiro atoms. The van der Waals surface area contributed by atoms with Crippen LogP contribution in [0.25, 0.3) is 5.82 Å². The first-order valence-electron chi connectivity index (χ1n) is 10.0. The number of amides is 1. The lowest BCUT2D eigenvalue weighted by Crippen LogP contribution is -2.11. The number of rotatable bonds is 6. The van der Waals surface area contributed by atoms with Crippen LogP contribution in [0, 0.1) is 20.8 Å². The SMILES string of the molecule is COc1ccc(C(=O)Nc2ccc(Oc3cc(-n4cnc(C)c4C)nc(C)n3)cc2)cc1. The number of carbonyl (C=O) groups is 1. The zero-order valence-electron chi connectivity index (χ0n) is 18.3. The molecule has 0 atom stereocenters. The molecule has 162 valence electrons. The molecule has 0 radical (unpaired) electrons. The Morgan fingerprint density at radius 2 is 1.62 bits per heavy atom. The average molecular weight is 429 g/mol. The third-order valence-electron chi connectivity index (χ3n) is 4.99. The molecule has 8 heteroatoms. The van der Waals surface area contributed by atoms with Gasteiger partial charge in [0, 0.05) is 23.0 Å². The Morgan fingerprint density at radius 3 is 2.25 bits per heavy atom. The molecule has 0 fully saturated rings. The molecule has 32 heavy (non-hydrogen) atoms. The van der Waals surface area contributed by atoms with E-state index in [1.807, 2.05) is 25.3 Å². The molecule has 2 heterocycles. The number of anilines is 1. The Hall–Kier alpha value is -4.20. The topological polar surface area (TPSA) is 91.2 Å². The standard InChI is InChI=1S/C24H23N5O3/c1-15-16(2)29(14-25-15)22-13-23(27-17(3)26-22)32-21-11-7-19(8-12-21)28-24(30)18-5-9-20(31-4)10-6-18/h5-14H,1-4H3,(H,28,30). The summed E-state index contributed by atoms with van der Waals surface area (Å²) < 4.78 is 12.9. The smallest absolute Gasteiger partial charge is 0.255 e. The van der Waals surface area contributed by atoms with Crippen molar-refractivity contribution in [3.8, 4) is 23.2 Å². The van der Waals surface area contributed by atoms with Gasteiger partial charge in [-0.1, -0.05) is 0 Å². The predicted molar refractivity (Wildman–Crippen MR) is 121 cm³/mol. The monoisotopic (exact) mass is 429 g/mol. The number of carbonyl (C=O) groups excluding carboxylic acids is 1. The molecule has 1 amide bonds. The van der Waals surface area contributed by atoms with Crippen molar-refractivity contribution in [2.24, 2.45) is 0 Å². The lowest BCUT2D eigenvalue weighted by atomic mass is 10.2. The Labute approximate surface area is 185 Å². The van der Waals surface area contributed by atoms with Crippen molar-refractivity contribution in [3.05, 3.63) is 83.7 Å². The van der Waals surface area contributed by atoms with E-state index in [0.717, 1.165) is 11.4 Å². The van der Waals surface area contributed by atoms with Crippen LogP contribution in [0.1, 0.15) is 27.6 Å². The number of benzene rings is 2. The molecular formula is C24H23N5O3. The largest absolute Gasteiger partial charge is 0.497 e. The number of aryl methyl sites for hydroxylation is 2. The van der Waals surface area contributed by atoms with Crippen LogP contribution < -0.4 is 14.8 Å². The maximum absolute atomic E-state index is 12.4. The molecule has 8 nitrogen and oxygen atoms in total. The second-order valence-electron chi connectivity index (χ2n) is 7.21. The van der Waals surface area contributed by atoms with Gasteiger partial charge in [-0.2, -0.15) is 4.98 Å². The molecule has 0 saturated carbocycles. The summed E-state index contributed by atoms with van der Waals surface area (Å²) in [7, 11) is 1.59. The van der Waals surface area contributed by atoms with Gasteiger partial charge in [0.2, 0.25) is 5.88 Å². The first-order chi connectivity index (χ1) is 15.4. The molecule has 4 rings (SSSR count). The predicted octanol–water partition coefficient (Wildman–Crippen LogP) is 4.64. The van der Waals surface area contributed by atoms with Crippen LogP contribution in [0.4, 0.5) is 5.69 Å². The van der Waals surface area contributed by atoms with Crippen LogP contribution in [0.15, 0.2) is 60.9 Å². The number of hydrogen-bond acceptors (Lipinski definition) is 6. The molecule has 0 saturated heterocycles. The van der Waals surface area contributed by atoms with Crippen molar-refractivity contribution in [1.29, 1.82) is 0 Å². The van der Waals surface area contributed by atoms with Crippen molar-refractivity contribution in [2.75, 3.05) is 12.4 Å². The van der Waals surface area contributed by atoms with Crippen molar-refractivity contribution < 1.29 is 14.3 Å². The van der Waals surface area contributed by atoms with Gasteiger partial charge in [-0.15, -0.1) is 0 Å². The summed E-state index contributed by atoms with van der Waals surface area (Å²) in [4.78, 5) is 25.6. The highest BCUT2D eigenvalue weighted by Gasteiger charge is 2.11. The number of aromatic nitrogens is 4. The van der Waals surface area contributed by atoms with Gasteiger partial charge in [-0.25, -0.2) is 9.97 Å². The summed E-state index contributed by atoms with van der Waals surface area (Å²) >= 11 is 0. The molecule has 4 aromatic rings. The van der Waals surface area contributed by atoms with E-state index in [-0.39, 0.29) is 5.91 Å². The van der Waals surface area contributed by atoms with Crippen LogP contribution in [-0.4, -0.2) is 32.5 Å². The summed E-state index contributed by atoms with van der Waals surface area (Å²) in [5.74, 6) is 2.79. The zero-order chi connectivity index (χ0) is 22.7. The van der Waals surface area contributed by atoms with Crippen LogP contribution in [-0.2, 0) is 0 Å². The van der Waals surface area contributed by atoms with Gasteiger partial charge < -0.3 is 14.8 Å². The average Bonchev–Trinajstić information content (AvgIpc) is 3.13. The van der Waals surface area contributed by atoms with Gasteiger partial charge >= 0.3 is 0 Å². The minimum Gasteiger partial charge on any atom is -0.497 e. The van der Waals surface area contributed by atoms with Crippen LogP contribution in [0.2, 0.25) is 0 Å². The van der Waals surface area contributed by atoms with Crippen LogP contribution in [0.5, 0.6) is 17.4 Å². The van der Waals surface area contributed by atoms with Gasteiger partial charge in [-0.3, -0.25) is 9.36 Å². The fourth-order valence-electron chi connectivity index (χ4n) is 3.10. The van der Waals surface area contributed by atoms with Gasteiger partial charge in [-0.05, 0) is 69.3 Å². The van der Waals surface area contributed by atoms with Crippen molar-refractivity contribution in [3.63, 3.8) is 0 Å². The normalized spacial score (nSPS) is 10.6. The molecule has 0 bridgehead atoms. The van der Waals surface area contributed by atoms with Crippen molar-refractivity contribution in [2.45, 2.75) is 20.8 Å². The summed E-state index contributed by atoms with van der Waals surface area (Å²) in [6.45, 7) is 5.75. The fraction of sp³-hybridized carbons (Fsp3) is 0.167. The third kappa shape index (κ3) is 4.59. The van der Waals surface area contributed by atoms with E-state index in [4.69, 9.17) is 9.47 Å². The lowest BCUT2D eigenvalue weighted by Gasteiger charge is -2.10. The first-order valence-corrected chi connectivity index (χ1v) is 10.0. The van der Waals surface area contributed by atoms with Gasteiger partial charge in [0.05, 0.1) is 12.8 Å². The summed E-state index contributed by atoms with van der Waals surface area (Å²) in [6, 6.07) is 15.8. The maximum Gasteiger partial charge on any atom is 0.255 e. The number of methoxy groups -OCH3 is 1. The van der Waals surface area contributed by atoms with E-state index >= 15 is 0 Å². The second kappa shape index (κ2) is 8.89. The van der Waals surface area contributed by atoms with E-state index in [1.54, 1.807) is 68.0 Å². The Kier molecular flexibility index (Phi) is 5.85. The number of nitrogens with one attached hydrogen (secondary N) is 1. The van der Waals surface area contributed by atoms with E-state index < -0.39 is 0 Å². The van der Waals surface area contributed by atoms with Crippen LogP contribution >= 0.6 is 0 Å². The Balaban J connectivity index is 1.46. The van der Waals surface area contributed by atoms with E-state index in [1.165, 1.54) is 0 Å². The minimum atomic E-state index is -0.205. The third-order valence-corrected chi connectivity index (χ3v) is 4.99. The van der Waals surface area contributed by atoms with Crippen molar-refractivity contribution in [1.82, 2.24) is 19.5 Å². The maximum atomic E-state index is 12.4. The summed E-state index contributed by atoms with van der Waals surface area (Å²) in [6.07, 6.45) is 1.73. The Bertz CT molecular complexity index is 1250. The highest BCUT2D eigenvalue weighted by Crippen LogP contribution is 2.24. The minimum absolute atomic E-state index is 0.205. The molecule has 0 unspecified atom stereocenters. The molecular weight excluding hydrogens is 406 g/mol. The lowest BCUT2D eigenvalue weighted by molar-refractivity contribution is 0.102. The number of nitrogens with zero attached hydrogens (tertiary/aromatic N) is 4. The Morgan fingerprint density at radius 1 is 0.938 bits per heavy atom. The first kappa shape index (κ1) is 21.0. The zero-order valence-corrected chi connectivity index (χ0v) is 18.3. The molecule has 2 aromatic heterocycles. The van der Waals surface area contributed by atoms with Gasteiger partial charge in [0.15, 0.2) is 0 Å². The summed E-state index contributed by atoms with van der Waals surface area (Å²) in [5, 5.41) is 2.86. The van der Waals surface area contributed by atoms with E-state index in [2.05, 4.69) is 20.3 Å². The van der Waals surface area contributed by atoms with E-state index in [9.17, 15) is 4.79 Å². The number of hydrogen-bond donors (Lipinski definition) is 1.